The van der Waals surface area contributed by atoms with E-state index in [0.717, 1.165) is 73.3 Å². The number of fused-ring (bicyclic) bond motifs is 3. The molecule has 2 aliphatic heterocycles. The molecule has 0 spiro atoms. The van der Waals surface area contributed by atoms with Crippen LogP contribution in [-0.4, -0.2) is 109 Å². The predicted molar refractivity (Wildman–Crippen MR) is 235 cm³/mol. The highest BCUT2D eigenvalue weighted by molar-refractivity contribution is 6.76. The Labute approximate surface area is 348 Å². The molecule has 58 heavy (non-hydrogen) atoms. The van der Waals surface area contributed by atoms with Gasteiger partial charge in [0, 0.05) is 82.5 Å². The number of ether oxygens (including phenoxy) is 4. The quantitative estimate of drug-likeness (QED) is 0.0831. The van der Waals surface area contributed by atoms with Crippen molar-refractivity contribution < 1.29 is 28.5 Å². The van der Waals surface area contributed by atoms with Gasteiger partial charge in [0.1, 0.15) is 36.3 Å². The van der Waals surface area contributed by atoms with Gasteiger partial charge >= 0.3 is 12.2 Å². The van der Waals surface area contributed by atoms with E-state index in [0.29, 0.717) is 38.1 Å². The maximum Gasteiger partial charge on any atom is 0.416 e. The van der Waals surface area contributed by atoms with Crippen LogP contribution < -0.4 is 9.80 Å². The van der Waals surface area contributed by atoms with E-state index in [9.17, 15) is 9.59 Å². The lowest BCUT2D eigenvalue weighted by molar-refractivity contribution is 0.00566. The van der Waals surface area contributed by atoms with Gasteiger partial charge in [-0.05, 0) is 104 Å². The lowest BCUT2D eigenvalue weighted by Crippen LogP contribution is -2.48. The Morgan fingerprint density at radius 1 is 0.810 bits per heavy atom. The van der Waals surface area contributed by atoms with Crippen LogP contribution in [0.1, 0.15) is 91.7 Å². The van der Waals surface area contributed by atoms with E-state index >= 15 is 0 Å². The van der Waals surface area contributed by atoms with Crippen molar-refractivity contribution in [1.82, 2.24) is 24.5 Å². The van der Waals surface area contributed by atoms with Crippen molar-refractivity contribution in [2.24, 2.45) is 0 Å². The van der Waals surface area contributed by atoms with Gasteiger partial charge in [-0.1, -0.05) is 39.3 Å². The third kappa shape index (κ3) is 11.6. The first-order chi connectivity index (χ1) is 27.1. The smallest absolute Gasteiger partial charge is 0.416 e. The summed E-state index contributed by atoms with van der Waals surface area (Å²) in [6, 6.07) is 8.43. The summed E-state index contributed by atoms with van der Waals surface area (Å²) in [6.07, 6.45) is 8.41. The molecule has 3 aromatic heterocycles. The summed E-state index contributed by atoms with van der Waals surface area (Å²) in [7, 11) is -2.61. The molecule has 13 nitrogen and oxygen atoms in total. The number of amides is 2. The van der Waals surface area contributed by atoms with Gasteiger partial charge in [0.2, 0.25) is 0 Å². The van der Waals surface area contributed by atoms with Crippen molar-refractivity contribution in [3.63, 3.8) is 0 Å². The molecule has 2 bridgehead atoms. The van der Waals surface area contributed by atoms with Crippen molar-refractivity contribution in [2.75, 3.05) is 36.5 Å². The van der Waals surface area contributed by atoms with Crippen molar-refractivity contribution in [2.45, 2.75) is 167 Å². The fourth-order valence-electron chi connectivity index (χ4n) is 7.67. The molecule has 1 aliphatic carbocycles. The molecule has 3 aliphatic rings. The zero-order valence-corrected chi connectivity index (χ0v) is 39.3. The molecule has 6 rings (SSSR count). The minimum absolute atomic E-state index is 0.0842. The Morgan fingerprint density at radius 2 is 1.40 bits per heavy atom. The normalized spacial score (nSPS) is 20.1. The van der Waals surface area contributed by atoms with Gasteiger partial charge < -0.3 is 28.7 Å². The molecule has 0 N–H and O–H groups in total. The molecule has 2 saturated heterocycles. The Morgan fingerprint density at radius 3 is 1.90 bits per heavy atom. The van der Waals surface area contributed by atoms with Crippen molar-refractivity contribution in [3.8, 4) is 11.1 Å². The zero-order chi connectivity index (χ0) is 42.2. The number of hydrogen-bond donors (Lipinski definition) is 0. The first kappa shape index (κ1) is 44.0. The number of rotatable bonds is 15. The number of hydrogen-bond acceptors (Lipinski definition) is 10. The fraction of sp³-hybridized carbons (Fsp3) is 0.698. The molecule has 3 fully saturated rings. The summed E-state index contributed by atoms with van der Waals surface area (Å²) in [4.78, 5) is 42.7. The van der Waals surface area contributed by atoms with Crippen LogP contribution in [0.3, 0.4) is 0 Å². The van der Waals surface area contributed by atoms with Gasteiger partial charge in [-0.2, -0.15) is 9.61 Å². The molecule has 1 saturated carbocycles. The maximum absolute atomic E-state index is 13.4. The second kappa shape index (κ2) is 17.2. The molecular formula is C43H69N7O6Si2. The van der Waals surface area contributed by atoms with Gasteiger partial charge in [-0.15, -0.1) is 0 Å². The van der Waals surface area contributed by atoms with Crippen LogP contribution in [0.25, 0.3) is 16.8 Å². The van der Waals surface area contributed by atoms with E-state index in [4.69, 9.17) is 34.0 Å². The number of carbonyl (C=O) groups excluding carboxylic acids is 2. The van der Waals surface area contributed by atoms with Crippen LogP contribution in [0, 0.1) is 0 Å². The van der Waals surface area contributed by atoms with E-state index < -0.39 is 27.3 Å². The van der Waals surface area contributed by atoms with Crippen LogP contribution >= 0.6 is 0 Å². The standard InChI is InChI=1S/C43H69N7O6Si2/c1-42(2,3)55-40(51)48-33-16-17-34(48)24-31(23-33)36-25-38(47(28-53-19-21-57(7,8)9)29-54-20-22-58(10,11)12)50-39(46-36)35(27-45-50)30-13-18-37(44-26-30)49(32-14-15-32)41(52)56-43(4,5)6/h13,18,25-27,31-34H,14-17,19-24,28-29H2,1-12H3/t31-,33-,34+. The Hall–Kier alpha value is -3.54. The van der Waals surface area contributed by atoms with Crippen LogP contribution in [-0.2, 0) is 18.9 Å². The topological polar surface area (TPSA) is 124 Å². The largest absolute Gasteiger partial charge is 0.444 e. The molecule has 0 aromatic carbocycles. The predicted octanol–water partition coefficient (Wildman–Crippen LogP) is 9.77. The fourth-order valence-corrected chi connectivity index (χ4v) is 9.19. The molecule has 320 valence electrons. The second-order valence-corrected chi connectivity index (χ2v) is 32.2. The summed E-state index contributed by atoms with van der Waals surface area (Å²) in [5, 5.41) is 4.95. The minimum Gasteiger partial charge on any atom is -0.444 e. The van der Waals surface area contributed by atoms with E-state index in [-0.39, 0.29) is 36.2 Å². The highest BCUT2D eigenvalue weighted by Crippen LogP contribution is 2.44. The zero-order valence-electron chi connectivity index (χ0n) is 37.3. The van der Waals surface area contributed by atoms with E-state index in [2.05, 4.69) is 50.2 Å². The number of piperidine rings is 1. The third-order valence-corrected chi connectivity index (χ3v) is 14.3. The summed E-state index contributed by atoms with van der Waals surface area (Å²) >= 11 is 0. The molecular weight excluding hydrogens is 767 g/mol. The number of carbonyl (C=O) groups is 2. The van der Waals surface area contributed by atoms with Crippen molar-refractivity contribution >= 4 is 45.6 Å². The van der Waals surface area contributed by atoms with Gasteiger partial charge in [-0.3, -0.25) is 4.90 Å². The van der Waals surface area contributed by atoms with Gasteiger partial charge in [0.05, 0.1) is 6.20 Å². The number of pyridine rings is 1. The summed E-state index contributed by atoms with van der Waals surface area (Å²) in [5.74, 6) is 1.55. The molecule has 0 radical (unpaired) electrons. The Balaban J connectivity index is 1.36. The first-order valence-corrected chi connectivity index (χ1v) is 28.8. The molecule has 0 unspecified atom stereocenters. The molecule has 5 heterocycles. The van der Waals surface area contributed by atoms with Gasteiger partial charge in [0.25, 0.3) is 0 Å². The van der Waals surface area contributed by atoms with Crippen LogP contribution in [0.4, 0.5) is 21.2 Å². The highest BCUT2D eigenvalue weighted by atomic mass is 28.3. The maximum atomic E-state index is 13.4. The first-order valence-electron chi connectivity index (χ1n) is 21.3. The van der Waals surface area contributed by atoms with Crippen molar-refractivity contribution in [1.29, 1.82) is 0 Å². The number of nitrogens with zero attached hydrogens (tertiary/aromatic N) is 7. The summed E-state index contributed by atoms with van der Waals surface area (Å²) in [6.45, 7) is 27.6. The van der Waals surface area contributed by atoms with E-state index in [1.54, 1.807) is 11.1 Å². The number of aromatic nitrogens is 4. The second-order valence-electron chi connectivity index (χ2n) is 21.0. The van der Waals surface area contributed by atoms with Crippen LogP contribution in [0.15, 0.2) is 30.6 Å². The SMILES string of the molecule is CC(C)(C)OC(=O)N(c1ccc(-c2cnn3c(N(COCC[Si](C)(C)C)COCC[Si](C)(C)C)cc([C@@H]4C[C@H]5CC[C@@H](C4)N5C(=O)OC(C)(C)C)nc23)cn1)C1CC1. The minimum atomic E-state index is -1.31. The summed E-state index contributed by atoms with van der Waals surface area (Å²) < 4.78 is 26.3. The molecule has 3 aromatic rings. The van der Waals surface area contributed by atoms with Crippen LogP contribution in [0.5, 0.6) is 0 Å². The highest BCUT2D eigenvalue weighted by Gasteiger charge is 2.46. The van der Waals surface area contributed by atoms with Gasteiger partial charge in [-0.25, -0.2) is 19.6 Å². The van der Waals surface area contributed by atoms with Crippen LogP contribution in [0.2, 0.25) is 51.4 Å². The van der Waals surface area contributed by atoms with E-state index in [1.807, 2.05) is 69.3 Å². The lowest BCUT2D eigenvalue weighted by Gasteiger charge is -2.39. The van der Waals surface area contributed by atoms with Crippen molar-refractivity contribution in [3.05, 3.63) is 36.3 Å². The third-order valence-electron chi connectivity index (χ3n) is 10.8. The molecule has 15 heteroatoms. The average Bonchev–Trinajstić information content (AvgIpc) is 3.77. The monoisotopic (exact) mass is 835 g/mol. The lowest BCUT2D eigenvalue weighted by atomic mass is 9.88. The Kier molecular flexibility index (Phi) is 13.1. The average molecular weight is 836 g/mol. The molecule has 3 atom stereocenters. The Bertz CT molecular complexity index is 1860. The number of anilines is 2. The summed E-state index contributed by atoms with van der Waals surface area (Å²) in [5.41, 5.74) is 2.20. The molecule has 2 amide bonds. The van der Waals surface area contributed by atoms with E-state index in [1.165, 1.54) is 0 Å². The van der Waals surface area contributed by atoms with Gasteiger partial charge in [0.15, 0.2) is 5.65 Å².